The molecule has 9 heteroatoms. The molecule has 1 aliphatic heterocycles. The lowest BCUT2D eigenvalue weighted by Gasteiger charge is -2.29. The largest absolute Gasteiger partial charge is 0.442 e. The van der Waals surface area contributed by atoms with Gasteiger partial charge in [-0.3, -0.25) is 14.5 Å². The number of rotatable bonds is 5. The summed E-state index contributed by atoms with van der Waals surface area (Å²) in [5.74, 6) is -2.52. The van der Waals surface area contributed by atoms with E-state index >= 15 is 0 Å². The van der Waals surface area contributed by atoms with Crippen LogP contribution in [0.2, 0.25) is 0 Å². The zero-order chi connectivity index (χ0) is 22.1. The average molecular weight is 443 g/mol. The number of thiophene rings is 1. The molecule has 1 aliphatic rings. The van der Waals surface area contributed by atoms with E-state index in [0.717, 1.165) is 16.2 Å². The SMILES string of the molecule is O=C(N[C@@]1(C(F)(F)F)N=C(c2ccccc2)N(Cc2ccccc2)C1=O)c1cccs1. The van der Waals surface area contributed by atoms with Crippen LogP contribution in [0.4, 0.5) is 13.2 Å². The van der Waals surface area contributed by atoms with Gasteiger partial charge in [-0.05, 0) is 17.0 Å². The Labute approximate surface area is 179 Å². The van der Waals surface area contributed by atoms with Crippen LogP contribution in [0.3, 0.4) is 0 Å². The number of nitrogens with zero attached hydrogens (tertiary/aromatic N) is 2. The van der Waals surface area contributed by atoms with Gasteiger partial charge in [0.1, 0.15) is 5.84 Å². The van der Waals surface area contributed by atoms with Crippen molar-refractivity contribution in [3.05, 3.63) is 94.2 Å². The number of benzene rings is 2. The fourth-order valence-corrected chi connectivity index (χ4v) is 3.87. The van der Waals surface area contributed by atoms with E-state index in [1.165, 1.54) is 12.1 Å². The summed E-state index contributed by atoms with van der Waals surface area (Å²) in [5, 5.41) is 3.43. The van der Waals surface area contributed by atoms with Crippen LogP contribution >= 0.6 is 11.3 Å². The Morgan fingerprint density at radius 1 is 1.00 bits per heavy atom. The maximum atomic E-state index is 14.3. The lowest BCUT2D eigenvalue weighted by Crippen LogP contribution is -2.63. The standard InChI is InChI=1S/C22H16F3N3O2S/c23-22(24,25)21(27-19(29)17-12-7-13-31-17)20(30)28(14-15-8-3-1-4-9-15)18(26-21)16-10-5-2-6-11-16/h1-13H,14H2,(H,27,29)/t21-/m0/s1. The monoisotopic (exact) mass is 443 g/mol. The number of nitrogens with one attached hydrogen (secondary N) is 1. The molecule has 2 amide bonds. The van der Waals surface area contributed by atoms with E-state index in [-0.39, 0.29) is 17.3 Å². The van der Waals surface area contributed by atoms with Crippen molar-refractivity contribution < 1.29 is 22.8 Å². The number of amides is 2. The normalized spacial score (nSPS) is 18.7. The molecular weight excluding hydrogens is 427 g/mol. The third-order valence-corrected chi connectivity index (χ3v) is 5.62. The molecule has 0 fully saturated rings. The minimum Gasteiger partial charge on any atom is -0.311 e. The molecule has 0 saturated carbocycles. The summed E-state index contributed by atoms with van der Waals surface area (Å²) in [5.41, 5.74) is -2.45. The number of aliphatic imine (C=N–C) groups is 1. The predicted molar refractivity (Wildman–Crippen MR) is 111 cm³/mol. The topological polar surface area (TPSA) is 61.8 Å². The number of alkyl halides is 3. The van der Waals surface area contributed by atoms with E-state index in [1.54, 1.807) is 66.0 Å². The third-order valence-electron chi connectivity index (χ3n) is 4.75. The molecule has 1 N–H and O–H groups in total. The van der Waals surface area contributed by atoms with Crippen molar-refractivity contribution in [2.75, 3.05) is 0 Å². The summed E-state index contributed by atoms with van der Waals surface area (Å²) in [6.45, 7) is -0.125. The summed E-state index contributed by atoms with van der Waals surface area (Å²) >= 11 is 0.973. The molecule has 3 aromatic rings. The molecule has 1 atom stereocenters. The van der Waals surface area contributed by atoms with Gasteiger partial charge in [-0.2, -0.15) is 13.2 Å². The minimum atomic E-state index is -5.15. The number of hydrogen-bond donors (Lipinski definition) is 1. The van der Waals surface area contributed by atoms with Crippen LogP contribution < -0.4 is 5.32 Å². The van der Waals surface area contributed by atoms with Gasteiger partial charge in [-0.15, -0.1) is 11.3 Å². The molecular formula is C22H16F3N3O2S. The lowest BCUT2D eigenvalue weighted by molar-refractivity contribution is -0.196. The lowest BCUT2D eigenvalue weighted by atomic mass is 10.1. The van der Waals surface area contributed by atoms with Gasteiger partial charge < -0.3 is 5.32 Å². The van der Waals surface area contributed by atoms with E-state index in [0.29, 0.717) is 11.1 Å². The summed E-state index contributed by atoms with van der Waals surface area (Å²) in [6.07, 6.45) is -5.15. The number of carbonyl (C=O) groups is 2. The maximum Gasteiger partial charge on any atom is 0.442 e. The minimum absolute atomic E-state index is 0.0504. The van der Waals surface area contributed by atoms with Crippen molar-refractivity contribution in [1.82, 2.24) is 10.2 Å². The number of hydrogen-bond acceptors (Lipinski definition) is 4. The van der Waals surface area contributed by atoms with Crippen LogP contribution in [0.25, 0.3) is 0 Å². The molecule has 0 bridgehead atoms. The van der Waals surface area contributed by atoms with Crippen LogP contribution in [-0.4, -0.2) is 34.4 Å². The molecule has 4 rings (SSSR count). The molecule has 2 aromatic carbocycles. The molecule has 0 saturated heterocycles. The first kappa shape index (κ1) is 20.8. The molecule has 158 valence electrons. The molecule has 0 aliphatic carbocycles. The molecule has 0 spiro atoms. The van der Waals surface area contributed by atoms with E-state index < -0.39 is 23.7 Å². The first-order valence-electron chi connectivity index (χ1n) is 9.26. The van der Waals surface area contributed by atoms with Crippen molar-refractivity contribution in [1.29, 1.82) is 0 Å². The molecule has 1 aromatic heterocycles. The quantitative estimate of drug-likeness (QED) is 0.642. The molecule has 0 radical (unpaired) electrons. The highest BCUT2D eigenvalue weighted by Gasteiger charge is 2.67. The Hall–Kier alpha value is -3.46. The van der Waals surface area contributed by atoms with Gasteiger partial charge in [0, 0.05) is 5.56 Å². The van der Waals surface area contributed by atoms with E-state index in [4.69, 9.17) is 0 Å². The van der Waals surface area contributed by atoms with E-state index in [9.17, 15) is 22.8 Å². The van der Waals surface area contributed by atoms with Gasteiger partial charge in [-0.1, -0.05) is 66.7 Å². The Balaban J connectivity index is 1.81. The molecule has 5 nitrogen and oxygen atoms in total. The number of amidine groups is 1. The number of halogens is 3. The molecule has 0 unspecified atom stereocenters. The van der Waals surface area contributed by atoms with Gasteiger partial charge in [0.25, 0.3) is 11.8 Å². The van der Waals surface area contributed by atoms with Crippen LogP contribution in [0.5, 0.6) is 0 Å². The van der Waals surface area contributed by atoms with Crippen molar-refractivity contribution >= 4 is 29.0 Å². The number of carbonyl (C=O) groups excluding carboxylic acids is 2. The first-order chi connectivity index (χ1) is 14.8. The summed E-state index contributed by atoms with van der Waals surface area (Å²) in [7, 11) is 0. The highest BCUT2D eigenvalue weighted by atomic mass is 32.1. The molecule has 2 heterocycles. The Kier molecular flexibility index (Phi) is 5.36. The predicted octanol–water partition coefficient (Wildman–Crippen LogP) is 4.23. The van der Waals surface area contributed by atoms with Crippen LogP contribution in [0, 0.1) is 0 Å². The zero-order valence-electron chi connectivity index (χ0n) is 16.0. The van der Waals surface area contributed by atoms with Gasteiger partial charge in [-0.25, -0.2) is 4.99 Å². The second kappa shape index (κ2) is 7.99. The van der Waals surface area contributed by atoms with Crippen LogP contribution in [0.1, 0.15) is 20.8 Å². The van der Waals surface area contributed by atoms with E-state index in [1.807, 2.05) is 5.32 Å². The van der Waals surface area contributed by atoms with Crippen LogP contribution in [0.15, 0.2) is 83.2 Å². The average Bonchev–Trinajstić information content (AvgIpc) is 3.38. The molecule has 31 heavy (non-hydrogen) atoms. The zero-order valence-corrected chi connectivity index (χ0v) is 16.8. The Bertz CT molecular complexity index is 1120. The van der Waals surface area contributed by atoms with Gasteiger partial charge >= 0.3 is 11.8 Å². The van der Waals surface area contributed by atoms with Gasteiger partial charge in [0.2, 0.25) is 0 Å². The first-order valence-corrected chi connectivity index (χ1v) is 10.1. The second-order valence-electron chi connectivity index (χ2n) is 6.82. The fraction of sp³-hybridized carbons (Fsp3) is 0.136. The summed E-state index contributed by atoms with van der Waals surface area (Å²) < 4.78 is 42.9. The summed E-state index contributed by atoms with van der Waals surface area (Å²) in [4.78, 5) is 30.6. The summed E-state index contributed by atoms with van der Waals surface area (Å²) in [6, 6.07) is 19.7. The van der Waals surface area contributed by atoms with Crippen molar-refractivity contribution in [2.45, 2.75) is 18.4 Å². The fourth-order valence-electron chi connectivity index (χ4n) is 3.25. The highest BCUT2D eigenvalue weighted by molar-refractivity contribution is 7.12. The van der Waals surface area contributed by atoms with E-state index in [2.05, 4.69) is 4.99 Å². The van der Waals surface area contributed by atoms with Crippen molar-refractivity contribution in [2.24, 2.45) is 4.99 Å². The van der Waals surface area contributed by atoms with Crippen LogP contribution in [-0.2, 0) is 11.3 Å². The Morgan fingerprint density at radius 2 is 1.65 bits per heavy atom. The van der Waals surface area contributed by atoms with Gasteiger partial charge in [0.05, 0.1) is 11.4 Å². The highest BCUT2D eigenvalue weighted by Crippen LogP contribution is 2.39. The Morgan fingerprint density at radius 3 is 2.23 bits per heavy atom. The van der Waals surface area contributed by atoms with Gasteiger partial charge in [0.15, 0.2) is 0 Å². The van der Waals surface area contributed by atoms with Crippen molar-refractivity contribution in [3.8, 4) is 0 Å². The smallest absolute Gasteiger partial charge is 0.311 e. The van der Waals surface area contributed by atoms with Crippen molar-refractivity contribution in [3.63, 3.8) is 0 Å². The second-order valence-corrected chi connectivity index (χ2v) is 7.77. The third kappa shape index (κ3) is 3.84. The maximum absolute atomic E-state index is 14.3.